The Labute approximate surface area is 160 Å². The summed E-state index contributed by atoms with van der Waals surface area (Å²) in [6.45, 7) is 4.85. The fourth-order valence-corrected chi connectivity index (χ4v) is 2.72. The molecule has 0 atom stereocenters. The number of rotatable bonds is 9. The van der Waals surface area contributed by atoms with Gasteiger partial charge >= 0.3 is 0 Å². The SMILES string of the molecule is CC(C)Oc1ccccc1Nc1ccnc(NCCCc2ccccc2)n1. The van der Waals surface area contributed by atoms with Gasteiger partial charge in [-0.05, 0) is 50.5 Å². The standard InChI is InChI=1S/C22H26N4O/c1-17(2)27-20-13-7-6-12-19(20)25-21-14-16-24-22(26-21)23-15-8-11-18-9-4-3-5-10-18/h3-7,9-10,12-14,16-17H,8,11,15H2,1-2H3,(H2,23,24,25,26). The third kappa shape index (κ3) is 5.99. The van der Waals surface area contributed by atoms with Crippen molar-refractivity contribution < 1.29 is 4.74 Å². The van der Waals surface area contributed by atoms with E-state index in [1.54, 1.807) is 6.20 Å². The largest absolute Gasteiger partial charge is 0.489 e. The first-order valence-electron chi connectivity index (χ1n) is 9.34. The maximum Gasteiger partial charge on any atom is 0.224 e. The number of ether oxygens (including phenoxy) is 1. The molecular formula is C22H26N4O. The summed E-state index contributed by atoms with van der Waals surface area (Å²) >= 11 is 0. The summed E-state index contributed by atoms with van der Waals surface area (Å²) < 4.78 is 5.85. The van der Waals surface area contributed by atoms with Gasteiger partial charge in [-0.15, -0.1) is 0 Å². The third-order valence-corrected chi connectivity index (χ3v) is 3.94. The van der Waals surface area contributed by atoms with Crippen LogP contribution in [0.25, 0.3) is 0 Å². The molecule has 0 saturated heterocycles. The number of hydrogen-bond donors (Lipinski definition) is 2. The summed E-state index contributed by atoms with van der Waals surface area (Å²) in [5.41, 5.74) is 2.23. The Hall–Kier alpha value is -3.08. The van der Waals surface area contributed by atoms with E-state index in [2.05, 4.69) is 44.9 Å². The smallest absolute Gasteiger partial charge is 0.224 e. The van der Waals surface area contributed by atoms with Crippen LogP contribution in [0.15, 0.2) is 66.9 Å². The minimum Gasteiger partial charge on any atom is -0.489 e. The molecule has 140 valence electrons. The van der Waals surface area contributed by atoms with Gasteiger partial charge in [0.1, 0.15) is 11.6 Å². The monoisotopic (exact) mass is 362 g/mol. The van der Waals surface area contributed by atoms with Crippen molar-refractivity contribution in [3.63, 3.8) is 0 Å². The van der Waals surface area contributed by atoms with Crippen LogP contribution in [0.5, 0.6) is 5.75 Å². The van der Waals surface area contributed by atoms with E-state index in [-0.39, 0.29) is 6.10 Å². The average molecular weight is 362 g/mol. The predicted molar refractivity (Wildman–Crippen MR) is 111 cm³/mol. The first-order chi connectivity index (χ1) is 13.2. The molecule has 27 heavy (non-hydrogen) atoms. The fourth-order valence-electron chi connectivity index (χ4n) is 2.72. The van der Waals surface area contributed by atoms with Crippen LogP contribution in [-0.4, -0.2) is 22.6 Å². The van der Waals surface area contributed by atoms with Crippen LogP contribution >= 0.6 is 0 Å². The molecule has 1 aromatic heterocycles. The molecule has 0 fully saturated rings. The summed E-state index contributed by atoms with van der Waals surface area (Å²) in [5, 5.41) is 6.61. The second kappa shape index (κ2) is 9.57. The third-order valence-electron chi connectivity index (χ3n) is 3.94. The first-order valence-corrected chi connectivity index (χ1v) is 9.34. The van der Waals surface area contributed by atoms with E-state index in [9.17, 15) is 0 Å². The molecule has 1 heterocycles. The highest BCUT2D eigenvalue weighted by molar-refractivity contribution is 5.64. The Balaban J connectivity index is 1.56. The Morgan fingerprint density at radius 1 is 0.963 bits per heavy atom. The van der Waals surface area contributed by atoms with Gasteiger partial charge in [-0.1, -0.05) is 42.5 Å². The number of nitrogens with one attached hydrogen (secondary N) is 2. The highest BCUT2D eigenvalue weighted by Gasteiger charge is 2.06. The van der Waals surface area contributed by atoms with E-state index >= 15 is 0 Å². The van der Waals surface area contributed by atoms with Crippen LogP contribution in [0.2, 0.25) is 0 Å². The van der Waals surface area contributed by atoms with Gasteiger partial charge in [-0.3, -0.25) is 0 Å². The Morgan fingerprint density at radius 3 is 2.56 bits per heavy atom. The van der Waals surface area contributed by atoms with Gasteiger partial charge in [0.2, 0.25) is 5.95 Å². The maximum atomic E-state index is 5.85. The molecule has 0 saturated carbocycles. The quantitative estimate of drug-likeness (QED) is 0.522. The fraction of sp³-hybridized carbons (Fsp3) is 0.273. The van der Waals surface area contributed by atoms with Crippen LogP contribution in [-0.2, 0) is 6.42 Å². The van der Waals surface area contributed by atoms with Crippen LogP contribution in [0, 0.1) is 0 Å². The Kier molecular flexibility index (Phi) is 6.63. The number of anilines is 3. The van der Waals surface area contributed by atoms with Crippen molar-refractivity contribution >= 4 is 17.5 Å². The lowest BCUT2D eigenvalue weighted by molar-refractivity contribution is 0.244. The van der Waals surface area contributed by atoms with Crippen LogP contribution < -0.4 is 15.4 Å². The van der Waals surface area contributed by atoms with Gasteiger partial charge in [-0.25, -0.2) is 4.98 Å². The minimum atomic E-state index is 0.111. The lowest BCUT2D eigenvalue weighted by Gasteiger charge is -2.15. The molecule has 0 aliphatic carbocycles. The molecule has 0 aliphatic heterocycles. The number of para-hydroxylation sites is 2. The predicted octanol–water partition coefficient (Wildman–Crippen LogP) is 5.05. The van der Waals surface area contributed by atoms with Gasteiger partial charge in [0.15, 0.2) is 0 Å². The van der Waals surface area contributed by atoms with Crippen molar-refractivity contribution in [2.24, 2.45) is 0 Å². The molecular weight excluding hydrogens is 336 g/mol. The van der Waals surface area contributed by atoms with Gasteiger partial charge < -0.3 is 15.4 Å². The summed E-state index contributed by atoms with van der Waals surface area (Å²) in [4.78, 5) is 8.85. The first kappa shape index (κ1) is 18.7. The van der Waals surface area contributed by atoms with E-state index in [0.29, 0.717) is 5.95 Å². The number of aryl methyl sites for hydroxylation is 1. The summed E-state index contributed by atoms with van der Waals surface area (Å²) in [5.74, 6) is 2.16. The normalized spacial score (nSPS) is 10.6. The molecule has 5 heteroatoms. The van der Waals surface area contributed by atoms with Gasteiger partial charge in [0.25, 0.3) is 0 Å². The average Bonchev–Trinajstić information content (AvgIpc) is 2.68. The zero-order valence-corrected chi connectivity index (χ0v) is 15.9. The minimum absolute atomic E-state index is 0.111. The molecule has 2 N–H and O–H groups in total. The van der Waals surface area contributed by atoms with Gasteiger partial charge in [-0.2, -0.15) is 4.98 Å². The van der Waals surface area contributed by atoms with Crippen LogP contribution in [0.4, 0.5) is 17.5 Å². The molecule has 2 aromatic carbocycles. The molecule has 0 bridgehead atoms. The van der Waals surface area contributed by atoms with Crippen molar-refractivity contribution in [3.8, 4) is 5.75 Å². The van der Waals surface area contributed by atoms with Gasteiger partial charge in [0.05, 0.1) is 11.8 Å². The van der Waals surface area contributed by atoms with Crippen molar-refractivity contribution in [3.05, 3.63) is 72.4 Å². The van der Waals surface area contributed by atoms with E-state index in [1.165, 1.54) is 5.56 Å². The molecule has 3 rings (SSSR count). The molecule has 0 amide bonds. The highest BCUT2D eigenvalue weighted by atomic mass is 16.5. The van der Waals surface area contributed by atoms with E-state index in [0.717, 1.165) is 36.6 Å². The zero-order valence-electron chi connectivity index (χ0n) is 15.9. The lowest BCUT2D eigenvalue weighted by Crippen LogP contribution is -2.09. The lowest BCUT2D eigenvalue weighted by atomic mass is 10.1. The molecule has 0 spiro atoms. The molecule has 3 aromatic rings. The van der Waals surface area contributed by atoms with E-state index in [1.807, 2.05) is 50.2 Å². The van der Waals surface area contributed by atoms with E-state index < -0.39 is 0 Å². The van der Waals surface area contributed by atoms with Crippen LogP contribution in [0.1, 0.15) is 25.8 Å². The van der Waals surface area contributed by atoms with E-state index in [4.69, 9.17) is 4.74 Å². The van der Waals surface area contributed by atoms with Crippen molar-refractivity contribution in [2.75, 3.05) is 17.2 Å². The zero-order chi connectivity index (χ0) is 18.9. The summed E-state index contributed by atoms with van der Waals surface area (Å²) in [6, 6.07) is 20.2. The Bertz CT molecular complexity index is 836. The second-order valence-corrected chi connectivity index (χ2v) is 6.57. The highest BCUT2D eigenvalue weighted by Crippen LogP contribution is 2.27. The number of nitrogens with zero attached hydrogens (tertiary/aromatic N) is 2. The molecule has 0 radical (unpaired) electrons. The maximum absolute atomic E-state index is 5.85. The molecule has 0 aliphatic rings. The van der Waals surface area contributed by atoms with Crippen molar-refractivity contribution in [2.45, 2.75) is 32.8 Å². The second-order valence-electron chi connectivity index (χ2n) is 6.57. The molecule has 0 unspecified atom stereocenters. The van der Waals surface area contributed by atoms with Crippen LogP contribution in [0.3, 0.4) is 0 Å². The Morgan fingerprint density at radius 2 is 1.74 bits per heavy atom. The molecule has 5 nitrogen and oxygen atoms in total. The number of benzene rings is 2. The summed E-state index contributed by atoms with van der Waals surface area (Å²) in [6.07, 6.45) is 3.92. The summed E-state index contributed by atoms with van der Waals surface area (Å²) in [7, 11) is 0. The van der Waals surface area contributed by atoms with Gasteiger partial charge in [0, 0.05) is 12.7 Å². The van der Waals surface area contributed by atoms with Crippen molar-refractivity contribution in [1.82, 2.24) is 9.97 Å². The number of aromatic nitrogens is 2. The number of hydrogen-bond acceptors (Lipinski definition) is 5. The topological polar surface area (TPSA) is 59.1 Å². The van der Waals surface area contributed by atoms with Crippen molar-refractivity contribution in [1.29, 1.82) is 0 Å².